The van der Waals surface area contributed by atoms with Gasteiger partial charge in [0, 0.05) is 12.8 Å². The van der Waals surface area contributed by atoms with Crippen molar-refractivity contribution in [1.82, 2.24) is 0 Å². The lowest BCUT2D eigenvalue weighted by atomic mass is 10.0. The minimum Gasteiger partial charge on any atom is -0.261 e. The molecule has 0 radical (unpaired) electrons. The first-order valence-corrected chi connectivity index (χ1v) is 3.64. The Morgan fingerprint density at radius 2 is 1.69 bits per heavy atom. The highest BCUT2D eigenvalue weighted by atomic mass is 19.1. The maximum absolute atomic E-state index is 13.3. The van der Waals surface area contributed by atoms with Gasteiger partial charge in [0.1, 0.15) is 0 Å². The number of nitro groups is 1. The largest absolute Gasteiger partial charge is 0.360 e. The summed E-state index contributed by atoms with van der Waals surface area (Å²) >= 11 is 0. The average molecular weight is 185 g/mol. The van der Waals surface area contributed by atoms with Crippen molar-refractivity contribution in [2.45, 2.75) is 31.5 Å². The van der Waals surface area contributed by atoms with E-state index in [0.717, 1.165) is 0 Å². The lowest BCUT2D eigenvalue weighted by Crippen LogP contribution is -2.32. The lowest BCUT2D eigenvalue weighted by Gasteiger charge is -2.13. The summed E-state index contributed by atoms with van der Waals surface area (Å²) in [7, 11) is 0. The lowest BCUT2D eigenvalue weighted by molar-refractivity contribution is -0.608. The molecule has 0 aliphatic carbocycles. The van der Waals surface area contributed by atoms with Crippen LogP contribution in [-0.2, 0) is 0 Å². The first-order valence-electron chi connectivity index (χ1n) is 3.64. The van der Waals surface area contributed by atoms with Crippen molar-refractivity contribution in [3.63, 3.8) is 0 Å². The van der Waals surface area contributed by atoms with Gasteiger partial charge in [-0.3, -0.25) is 10.1 Å². The highest BCUT2D eigenvalue weighted by Gasteiger charge is 2.41. The third-order valence-electron chi connectivity index (χ3n) is 1.57. The fourth-order valence-electron chi connectivity index (χ4n) is 0.802. The molecule has 0 atom stereocenters. The van der Waals surface area contributed by atoms with Gasteiger partial charge in [0.05, 0.1) is 29.9 Å². The number of halogens is 1. The van der Waals surface area contributed by atoms with Crippen molar-refractivity contribution in [2.24, 2.45) is 0 Å². The van der Waals surface area contributed by atoms with Gasteiger partial charge in [0.2, 0.25) is 0 Å². The van der Waals surface area contributed by atoms with E-state index in [2.05, 4.69) is 0 Å². The molecule has 0 N–H and O–H groups in total. The number of nitrogens with zero attached hydrogens (tertiary/aromatic N) is 3. The summed E-state index contributed by atoms with van der Waals surface area (Å²) in [6.07, 6.45) is -1.36. The van der Waals surface area contributed by atoms with E-state index in [1.807, 2.05) is 0 Å². The predicted molar refractivity (Wildman–Crippen MR) is 40.5 cm³/mol. The van der Waals surface area contributed by atoms with E-state index in [1.165, 1.54) is 0 Å². The number of nitriles is 2. The topological polar surface area (TPSA) is 90.7 Å². The van der Waals surface area contributed by atoms with E-state index < -0.39 is 23.6 Å². The van der Waals surface area contributed by atoms with Gasteiger partial charge in [0.15, 0.2) is 0 Å². The zero-order valence-electron chi connectivity index (χ0n) is 6.86. The summed E-state index contributed by atoms with van der Waals surface area (Å²) in [5, 5.41) is 26.5. The second kappa shape index (κ2) is 5.04. The Morgan fingerprint density at radius 3 is 1.92 bits per heavy atom. The van der Waals surface area contributed by atoms with Crippen LogP contribution in [-0.4, -0.2) is 10.7 Å². The molecule has 0 amide bonds. The molecular weight excluding hydrogens is 177 g/mol. The number of hydrogen-bond donors (Lipinski definition) is 0. The SMILES string of the molecule is N#CCCC(F)(CCC#N)[N+](=O)[O-]. The molecular formula is C7H8FN3O2. The summed E-state index contributed by atoms with van der Waals surface area (Å²) in [5.41, 5.74) is 0. The van der Waals surface area contributed by atoms with Crippen molar-refractivity contribution >= 4 is 0 Å². The fraction of sp³-hybridized carbons (Fsp3) is 0.714. The molecule has 0 aliphatic heterocycles. The number of rotatable bonds is 5. The molecule has 13 heavy (non-hydrogen) atoms. The van der Waals surface area contributed by atoms with Crippen LogP contribution in [0.4, 0.5) is 4.39 Å². The van der Waals surface area contributed by atoms with Gasteiger partial charge in [0.25, 0.3) is 0 Å². The van der Waals surface area contributed by atoms with E-state index >= 15 is 0 Å². The Balaban J connectivity index is 4.28. The molecule has 0 aromatic carbocycles. The Kier molecular flexibility index (Phi) is 4.39. The van der Waals surface area contributed by atoms with Crippen molar-refractivity contribution in [2.75, 3.05) is 0 Å². The molecule has 0 aromatic heterocycles. The van der Waals surface area contributed by atoms with Gasteiger partial charge in [-0.25, -0.2) is 0 Å². The highest BCUT2D eigenvalue weighted by molar-refractivity contribution is 4.80. The minimum atomic E-state index is -2.62. The van der Waals surface area contributed by atoms with Crippen LogP contribution in [0, 0.1) is 32.8 Å². The fourth-order valence-corrected chi connectivity index (χ4v) is 0.802. The second-order valence-electron chi connectivity index (χ2n) is 2.49. The molecule has 0 saturated carbocycles. The van der Waals surface area contributed by atoms with Crippen LogP contribution in [0.5, 0.6) is 0 Å². The zero-order valence-corrected chi connectivity index (χ0v) is 6.86. The van der Waals surface area contributed by atoms with Gasteiger partial charge < -0.3 is 0 Å². The van der Waals surface area contributed by atoms with E-state index in [-0.39, 0.29) is 12.8 Å². The average Bonchev–Trinajstić information content (AvgIpc) is 2.11. The van der Waals surface area contributed by atoms with Gasteiger partial charge >= 0.3 is 5.79 Å². The minimum absolute atomic E-state index is 0.219. The van der Waals surface area contributed by atoms with Crippen molar-refractivity contribution in [3.8, 4) is 12.1 Å². The molecule has 0 heterocycles. The van der Waals surface area contributed by atoms with Crippen molar-refractivity contribution < 1.29 is 9.31 Å². The summed E-state index contributed by atoms with van der Waals surface area (Å²) in [4.78, 5) is 9.18. The predicted octanol–water partition coefficient (Wildman–Crippen LogP) is 1.54. The number of alkyl halides is 1. The van der Waals surface area contributed by atoms with Gasteiger partial charge in [-0.2, -0.15) is 14.9 Å². The Bertz CT molecular complexity index is 248. The van der Waals surface area contributed by atoms with E-state index in [1.54, 1.807) is 12.1 Å². The van der Waals surface area contributed by atoms with E-state index in [0.29, 0.717) is 0 Å². The Labute approximate surface area is 74.5 Å². The molecule has 0 aromatic rings. The maximum atomic E-state index is 13.3. The monoisotopic (exact) mass is 185 g/mol. The van der Waals surface area contributed by atoms with Gasteiger partial charge in [-0.15, -0.1) is 0 Å². The Hall–Kier alpha value is -1.69. The normalized spacial score (nSPS) is 10.1. The van der Waals surface area contributed by atoms with Crippen LogP contribution in [0.25, 0.3) is 0 Å². The maximum Gasteiger partial charge on any atom is 0.360 e. The van der Waals surface area contributed by atoms with E-state index in [4.69, 9.17) is 10.5 Å². The molecule has 70 valence electrons. The first kappa shape index (κ1) is 11.3. The molecule has 0 spiro atoms. The molecule has 0 rings (SSSR count). The first-order chi connectivity index (χ1) is 6.06. The molecule has 0 fully saturated rings. The summed E-state index contributed by atoms with van der Waals surface area (Å²) in [6, 6.07) is 3.25. The molecule has 5 nitrogen and oxygen atoms in total. The van der Waals surface area contributed by atoms with Gasteiger partial charge in [-0.05, 0) is 0 Å². The molecule has 0 aliphatic rings. The molecule has 6 heteroatoms. The Morgan fingerprint density at radius 1 is 1.31 bits per heavy atom. The zero-order chi connectivity index (χ0) is 10.3. The smallest absolute Gasteiger partial charge is 0.261 e. The summed E-state index contributed by atoms with van der Waals surface area (Å²) in [6.45, 7) is 0. The van der Waals surface area contributed by atoms with Crippen LogP contribution in [0.2, 0.25) is 0 Å². The molecule has 0 unspecified atom stereocenters. The van der Waals surface area contributed by atoms with Crippen LogP contribution in [0.1, 0.15) is 25.7 Å². The number of hydrogen-bond acceptors (Lipinski definition) is 4. The van der Waals surface area contributed by atoms with Crippen LogP contribution < -0.4 is 0 Å². The molecule has 0 bridgehead atoms. The quantitative estimate of drug-likeness (QED) is 0.369. The van der Waals surface area contributed by atoms with Crippen LogP contribution in [0.15, 0.2) is 0 Å². The third-order valence-corrected chi connectivity index (χ3v) is 1.57. The van der Waals surface area contributed by atoms with E-state index in [9.17, 15) is 14.5 Å². The highest BCUT2D eigenvalue weighted by Crippen LogP contribution is 2.24. The van der Waals surface area contributed by atoms with Gasteiger partial charge in [-0.1, -0.05) is 0 Å². The standard InChI is InChI=1S/C7H8FN3O2/c8-7(11(12)13,3-1-5-9)4-2-6-10/h1-4H2. The van der Waals surface area contributed by atoms with Crippen molar-refractivity contribution in [3.05, 3.63) is 10.1 Å². The molecule has 0 saturated heterocycles. The van der Waals surface area contributed by atoms with Crippen molar-refractivity contribution in [1.29, 1.82) is 10.5 Å². The van der Waals surface area contributed by atoms with Crippen LogP contribution >= 0.6 is 0 Å². The summed E-state index contributed by atoms with van der Waals surface area (Å²) < 4.78 is 13.3. The van der Waals surface area contributed by atoms with Crippen LogP contribution in [0.3, 0.4) is 0 Å². The third kappa shape index (κ3) is 3.48. The summed E-state index contributed by atoms with van der Waals surface area (Å²) in [5.74, 6) is -2.62. The second-order valence-corrected chi connectivity index (χ2v) is 2.49.